The molecule has 1 heterocycles. The number of nitrogens with zero attached hydrogens (tertiary/aromatic N) is 3. The number of hydrogen-bond donors (Lipinski definition) is 1. The van der Waals surface area contributed by atoms with E-state index >= 15 is 0 Å². The quantitative estimate of drug-likeness (QED) is 0.625. The van der Waals surface area contributed by atoms with Gasteiger partial charge in [0.15, 0.2) is 5.78 Å². The monoisotopic (exact) mass is 416 g/mol. The third kappa shape index (κ3) is 4.85. The zero-order valence-electron chi connectivity index (χ0n) is 18.3. The van der Waals surface area contributed by atoms with Crippen molar-refractivity contribution < 1.29 is 9.53 Å². The normalized spacial score (nSPS) is 15.3. The van der Waals surface area contributed by atoms with Crippen molar-refractivity contribution >= 4 is 17.4 Å². The second-order valence-corrected chi connectivity index (χ2v) is 8.09. The Balaban J connectivity index is 1.42. The van der Waals surface area contributed by atoms with Crippen molar-refractivity contribution in [3.8, 4) is 5.75 Å². The number of carbonyl (C=O) groups excluding carboxylic acids is 1. The van der Waals surface area contributed by atoms with E-state index in [1.807, 2.05) is 26.2 Å². The molecule has 6 heteroatoms. The second kappa shape index (κ2) is 9.16. The average molecular weight is 417 g/mol. The summed E-state index contributed by atoms with van der Waals surface area (Å²) >= 11 is 0. The molecule has 1 N–H and O–H groups in total. The van der Waals surface area contributed by atoms with Crippen LogP contribution in [0, 0.1) is 0 Å². The molecule has 2 aromatic carbocycles. The highest BCUT2D eigenvalue weighted by molar-refractivity contribution is 5.98. The number of ketones is 1. The Morgan fingerprint density at radius 1 is 1.06 bits per heavy atom. The summed E-state index contributed by atoms with van der Waals surface area (Å²) in [7, 11) is 5.71. The van der Waals surface area contributed by atoms with Crippen molar-refractivity contribution in [1.82, 2.24) is 9.97 Å². The van der Waals surface area contributed by atoms with Crippen LogP contribution < -0.4 is 15.0 Å². The van der Waals surface area contributed by atoms with Crippen LogP contribution in [-0.2, 0) is 12.8 Å². The molecule has 1 aliphatic carbocycles. The van der Waals surface area contributed by atoms with Crippen LogP contribution >= 0.6 is 0 Å². The Morgan fingerprint density at radius 3 is 2.48 bits per heavy atom. The van der Waals surface area contributed by atoms with E-state index in [1.165, 1.54) is 11.1 Å². The predicted molar refractivity (Wildman–Crippen MR) is 123 cm³/mol. The standard InChI is InChI=1S/C25H28N4O2/c1-29(2)20-8-6-18(7-9-20)19-14-23-22(24(30)15-19)16-27-25(28-23)26-13-12-17-4-10-21(31-3)11-5-17/h4-11,16,19H,12-15H2,1-3H3,(H,26,27,28). The van der Waals surface area contributed by atoms with Gasteiger partial charge in [0.25, 0.3) is 0 Å². The summed E-state index contributed by atoms with van der Waals surface area (Å²) in [5.41, 5.74) is 5.03. The third-order valence-electron chi connectivity index (χ3n) is 5.78. The first-order valence-corrected chi connectivity index (χ1v) is 10.6. The zero-order valence-corrected chi connectivity index (χ0v) is 18.3. The van der Waals surface area contributed by atoms with E-state index in [0.717, 1.165) is 30.0 Å². The summed E-state index contributed by atoms with van der Waals surface area (Å²) in [6.45, 7) is 0.717. The molecule has 0 amide bonds. The van der Waals surface area contributed by atoms with Crippen LogP contribution in [0.1, 0.15) is 39.5 Å². The van der Waals surface area contributed by atoms with E-state index in [9.17, 15) is 4.79 Å². The average Bonchev–Trinajstić information content (AvgIpc) is 2.79. The van der Waals surface area contributed by atoms with Gasteiger partial charge in [-0.25, -0.2) is 9.97 Å². The number of nitrogens with one attached hydrogen (secondary N) is 1. The van der Waals surface area contributed by atoms with Gasteiger partial charge in [-0.15, -0.1) is 0 Å². The van der Waals surface area contributed by atoms with Crippen molar-refractivity contribution in [3.63, 3.8) is 0 Å². The summed E-state index contributed by atoms with van der Waals surface area (Å²) in [5.74, 6) is 1.69. The molecular formula is C25H28N4O2. The van der Waals surface area contributed by atoms with Crippen molar-refractivity contribution in [2.24, 2.45) is 0 Å². The van der Waals surface area contributed by atoms with E-state index in [1.54, 1.807) is 13.3 Å². The molecule has 3 aromatic rings. The number of rotatable bonds is 7. The minimum atomic E-state index is 0.118. The smallest absolute Gasteiger partial charge is 0.222 e. The number of aromatic nitrogens is 2. The van der Waals surface area contributed by atoms with E-state index in [0.29, 0.717) is 24.5 Å². The minimum absolute atomic E-state index is 0.118. The molecule has 0 aliphatic heterocycles. The summed E-state index contributed by atoms with van der Waals surface area (Å²) in [6, 6.07) is 16.5. The number of fused-ring (bicyclic) bond motifs is 1. The summed E-state index contributed by atoms with van der Waals surface area (Å²) in [4.78, 5) is 23.8. The van der Waals surface area contributed by atoms with Gasteiger partial charge in [0.05, 0.1) is 18.4 Å². The maximum absolute atomic E-state index is 12.7. The molecular weight excluding hydrogens is 388 g/mol. The van der Waals surface area contributed by atoms with E-state index < -0.39 is 0 Å². The maximum Gasteiger partial charge on any atom is 0.222 e. The lowest BCUT2D eigenvalue weighted by molar-refractivity contribution is 0.0962. The predicted octanol–water partition coefficient (Wildman–Crippen LogP) is 4.12. The molecule has 4 rings (SSSR count). The van der Waals surface area contributed by atoms with Crippen LogP contribution in [-0.4, -0.2) is 43.5 Å². The fourth-order valence-corrected chi connectivity index (χ4v) is 3.92. The van der Waals surface area contributed by atoms with E-state index in [-0.39, 0.29) is 11.7 Å². The molecule has 6 nitrogen and oxygen atoms in total. The molecule has 1 atom stereocenters. The fourth-order valence-electron chi connectivity index (χ4n) is 3.92. The number of ether oxygens (including phenoxy) is 1. The van der Waals surface area contributed by atoms with Crippen molar-refractivity contribution in [2.45, 2.75) is 25.2 Å². The number of hydrogen-bond acceptors (Lipinski definition) is 6. The van der Waals surface area contributed by atoms with E-state index in [2.05, 4.69) is 56.6 Å². The largest absolute Gasteiger partial charge is 0.497 e. The molecule has 0 saturated heterocycles. The molecule has 1 aliphatic rings. The second-order valence-electron chi connectivity index (χ2n) is 8.09. The zero-order chi connectivity index (χ0) is 21.8. The molecule has 1 unspecified atom stereocenters. The Labute approximate surface area is 183 Å². The number of methoxy groups -OCH3 is 1. The van der Waals surface area contributed by atoms with Gasteiger partial charge in [0.1, 0.15) is 5.75 Å². The summed E-state index contributed by atoms with van der Waals surface area (Å²) in [5, 5.41) is 3.29. The van der Waals surface area contributed by atoms with Gasteiger partial charge in [0.2, 0.25) is 5.95 Å². The van der Waals surface area contributed by atoms with Crippen LogP contribution in [0.4, 0.5) is 11.6 Å². The highest BCUT2D eigenvalue weighted by atomic mass is 16.5. The lowest BCUT2D eigenvalue weighted by Crippen LogP contribution is -2.21. The molecule has 0 fully saturated rings. The van der Waals surface area contributed by atoms with Crippen molar-refractivity contribution in [1.29, 1.82) is 0 Å². The Bertz CT molecular complexity index is 1050. The lowest BCUT2D eigenvalue weighted by atomic mass is 9.82. The Hall–Kier alpha value is -3.41. The minimum Gasteiger partial charge on any atom is -0.497 e. The molecule has 0 spiro atoms. The Morgan fingerprint density at radius 2 is 1.81 bits per heavy atom. The molecule has 1 aromatic heterocycles. The molecule has 0 saturated carbocycles. The van der Waals surface area contributed by atoms with E-state index in [4.69, 9.17) is 4.74 Å². The highest BCUT2D eigenvalue weighted by Gasteiger charge is 2.28. The molecule has 160 valence electrons. The van der Waals surface area contributed by atoms with Crippen molar-refractivity contribution in [3.05, 3.63) is 77.1 Å². The lowest BCUT2D eigenvalue weighted by Gasteiger charge is -2.24. The van der Waals surface area contributed by atoms with Crippen LogP contribution in [0.15, 0.2) is 54.7 Å². The Kier molecular flexibility index (Phi) is 6.16. The van der Waals surface area contributed by atoms with Gasteiger partial charge in [-0.05, 0) is 54.2 Å². The van der Waals surface area contributed by atoms with Gasteiger partial charge in [0, 0.05) is 38.9 Å². The fraction of sp³-hybridized carbons (Fsp3) is 0.320. The highest BCUT2D eigenvalue weighted by Crippen LogP contribution is 2.32. The molecule has 0 bridgehead atoms. The van der Waals surface area contributed by atoms with Gasteiger partial charge >= 0.3 is 0 Å². The number of anilines is 2. The van der Waals surface area contributed by atoms with Gasteiger partial charge in [-0.1, -0.05) is 24.3 Å². The third-order valence-corrected chi connectivity index (χ3v) is 5.78. The first kappa shape index (κ1) is 20.8. The maximum atomic E-state index is 12.7. The molecule has 0 radical (unpaired) electrons. The molecule has 31 heavy (non-hydrogen) atoms. The van der Waals surface area contributed by atoms with Crippen LogP contribution in [0.2, 0.25) is 0 Å². The van der Waals surface area contributed by atoms with Crippen LogP contribution in [0.5, 0.6) is 5.75 Å². The van der Waals surface area contributed by atoms with Gasteiger partial charge in [-0.2, -0.15) is 0 Å². The summed E-state index contributed by atoms with van der Waals surface area (Å²) in [6.07, 6.45) is 3.77. The topological polar surface area (TPSA) is 67.3 Å². The first-order valence-electron chi connectivity index (χ1n) is 10.6. The number of benzene rings is 2. The van der Waals surface area contributed by atoms with Gasteiger partial charge < -0.3 is 15.0 Å². The summed E-state index contributed by atoms with van der Waals surface area (Å²) < 4.78 is 5.20. The van der Waals surface area contributed by atoms with Gasteiger partial charge in [-0.3, -0.25) is 4.79 Å². The first-order chi connectivity index (χ1) is 15.0. The SMILES string of the molecule is COc1ccc(CCNc2ncc3c(n2)CC(c2ccc(N(C)C)cc2)CC3=O)cc1. The number of Topliss-reactive ketones (excluding diaryl/α,β-unsaturated/α-hetero) is 1. The number of carbonyl (C=O) groups is 1. The van der Waals surface area contributed by atoms with Crippen molar-refractivity contribution in [2.75, 3.05) is 38.0 Å². The van der Waals surface area contributed by atoms with Crippen LogP contribution in [0.3, 0.4) is 0 Å². The van der Waals surface area contributed by atoms with Crippen LogP contribution in [0.25, 0.3) is 0 Å².